The summed E-state index contributed by atoms with van der Waals surface area (Å²) in [6, 6.07) is 13.2. The quantitative estimate of drug-likeness (QED) is 0.714. The van der Waals surface area contributed by atoms with Crippen LogP contribution in [-0.4, -0.2) is 60.6 Å². The Hall–Kier alpha value is -2.61. The van der Waals surface area contributed by atoms with Crippen molar-refractivity contribution in [1.29, 1.82) is 0 Å². The summed E-state index contributed by atoms with van der Waals surface area (Å²) in [5.74, 6) is 2.13. The maximum absolute atomic E-state index is 12.1. The number of para-hydroxylation sites is 1. The third kappa shape index (κ3) is 4.53. The van der Waals surface area contributed by atoms with E-state index in [9.17, 15) is 4.79 Å². The van der Waals surface area contributed by atoms with Gasteiger partial charge >= 0.3 is 0 Å². The number of hydrogen-bond donors (Lipinski definition) is 3. The number of aliphatic hydroxyl groups is 1. The molecular weight excluding hydrogens is 392 g/mol. The van der Waals surface area contributed by atoms with Gasteiger partial charge in [-0.2, -0.15) is 0 Å². The lowest BCUT2D eigenvalue weighted by molar-refractivity contribution is -0.121. The largest absolute Gasteiger partial charge is 0.454 e. The van der Waals surface area contributed by atoms with E-state index in [0.29, 0.717) is 29.4 Å². The zero-order valence-corrected chi connectivity index (χ0v) is 16.7. The standard InChI is InChI=1S/C21H23ClN4O3/c22-14-5-6-19-17(11-14)25-21(16-3-1-2-4-18(16)29-19)26-9-7-23-15(13-26)12-20(28)24-8-10-27/h1-6,11,15,23,27H,7-10,12-13H2,(H,24,28)/t15-/m0/s1. The van der Waals surface area contributed by atoms with Crippen molar-refractivity contribution in [2.24, 2.45) is 4.99 Å². The van der Waals surface area contributed by atoms with Gasteiger partial charge in [-0.05, 0) is 30.3 Å². The molecule has 7 nitrogen and oxygen atoms in total. The zero-order valence-electron chi connectivity index (χ0n) is 15.9. The summed E-state index contributed by atoms with van der Waals surface area (Å²) >= 11 is 6.19. The van der Waals surface area contributed by atoms with Crippen LogP contribution in [0.5, 0.6) is 11.5 Å². The monoisotopic (exact) mass is 414 g/mol. The van der Waals surface area contributed by atoms with Crippen LogP contribution >= 0.6 is 11.6 Å². The Morgan fingerprint density at radius 1 is 1.31 bits per heavy atom. The number of nitrogens with one attached hydrogen (secondary N) is 2. The molecule has 29 heavy (non-hydrogen) atoms. The molecule has 0 radical (unpaired) electrons. The minimum Gasteiger partial charge on any atom is -0.454 e. The minimum atomic E-state index is -0.0814. The lowest BCUT2D eigenvalue weighted by Gasteiger charge is -2.35. The predicted molar refractivity (Wildman–Crippen MR) is 112 cm³/mol. The molecule has 3 N–H and O–H groups in total. The predicted octanol–water partition coefficient (Wildman–Crippen LogP) is 2.30. The molecule has 0 spiro atoms. The first kappa shape index (κ1) is 19.7. The van der Waals surface area contributed by atoms with Gasteiger partial charge in [0.1, 0.15) is 17.3 Å². The number of hydrogen-bond acceptors (Lipinski definition) is 6. The van der Waals surface area contributed by atoms with E-state index < -0.39 is 0 Å². The molecule has 2 heterocycles. The van der Waals surface area contributed by atoms with Crippen molar-refractivity contribution >= 4 is 29.0 Å². The molecule has 1 saturated heterocycles. The highest BCUT2D eigenvalue weighted by Crippen LogP contribution is 2.39. The Balaban J connectivity index is 1.62. The first-order valence-electron chi connectivity index (χ1n) is 9.65. The Morgan fingerprint density at radius 2 is 2.17 bits per heavy atom. The minimum absolute atomic E-state index is 0.0136. The third-order valence-corrected chi connectivity index (χ3v) is 5.15. The summed E-state index contributed by atoms with van der Waals surface area (Å²) in [7, 11) is 0. The average molecular weight is 415 g/mol. The van der Waals surface area contributed by atoms with Crippen LogP contribution in [0.3, 0.4) is 0 Å². The number of fused-ring (bicyclic) bond motifs is 2. The molecule has 0 aromatic heterocycles. The van der Waals surface area contributed by atoms with Gasteiger partial charge in [0.15, 0.2) is 5.75 Å². The molecule has 1 amide bonds. The van der Waals surface area contributed by atoms with Crippen LogP contribution in [0, 0.1) is 0 Å². The lowest BCUT2D eigenvalue weighted by Crippen LogP contribution is -2.54. The van der Waals surface area contributed by atoms with Crippen molar-refractivity contribution in [2.75, 3.05) is 32.8 Å². The smallest absolute Gasteiger partial charge is 0.221 e. The van der Waals surface area contributed by atoms with Crippen LogP contribution in [0.2, 0.25) is 5.02 Å². The van der Waals surface area contributed by atoms with Crippen molar-refractivity contribution in [2.45, 2.75) is 12.5 Å². The van der Waals surface area contributed by atoms with Crippen molar-refractivity contribution in [1.82, 2.24) is 15.5 Å². The number of aliphatic hydroxyl groups excluding tert-OH is 1. The molecular formula is C21H23ClN4O3. The van der Waals surface area contributed by atoms with Crippen LogP contribution in [0.1, 0.15) is 12.0 Å². The zero-order chi connectivity index (χ0) is 20.2. The Morgan fingerprint density at radius 3 is 3.03 bits per heavy atom. The Labute approximate surface area is 174 Å². The Bertz CT molecular complexity index is 934. The topological polar surface area (TPSA) is 86.2 Å². The molecule has 0 saturated carbocycles. The molecule has 2 aliphatic heterocycles. The second-order valence-electron chi connectivity index (χ2n) is 7.02. The van der Waals surface area contributed by atoms with Gasteiger partial charge in [-0.3, -0.25) is 4.79 Å². The molecule has 2 aromatic carbocycles. The van der Waals surface area contributed by atoms with Gasteiger partial charge in [0.25, 0.3) is 0 Å². The van der Waals surface area contributed by atoms with Gasteiger partial charge in [0.2, 0.25) is 5.91 Å². The van der Waals surface area contributed by atoms with Gasteiger partial charge < -0.3 is 25.4 Å². The molecule has 1 fully saturated rings. The highest BCUT2D eigenvalue weighted by molar-refractivity contribution is 6.31. The van der Waals surface area contributed by atoms with Crippen LogP contribution in [-0.2, 0) is 4.79 Å². The molecule has 4 rings (SSSR count). The highest BCUT2D eigenvalue weighted by Gasteiger charge is 2.28. The summed E-state index contributed by atoms with van der Waals surface area (Å²) in [6.07, 6.45) is 0.338. The van der Waals surface area contributed by atoms with Crippen LogP contribution < -0.4 is 15.4 Å². The molecule has 2 aromatic rings. The number of piperazine rings is 1. The summed E-state index contributed by atoms with van der Waals surface area (Å²) in [5.41, 5.74) is 1.59. The number of ether oxygens (including phenoxy) is 1. The number of amidine groups is 1. The molecule has 0 bridgehead atoms. The van der Waals surface area contributed by atoms with E-state index in [0.717, 1.165) is 30.2 Å². The first-order valence-corrected chi connectivity index (χ1v) is 10.0. The molecule has 152 valence electrons. The van der Waals surface area contributed by atoms with Crippen molar-refractivity contribution in [3.8, 4) is 11.5 Å². The van der Waals surface area contributed by atoms with E-state index in [1.165, 1.54) is 0 Å². The van der Waals surface area contributed by atoms with Gasteiger partial charge in [-0.15, -0.1) is 0 Å². The fourth-order valence-electron chi connectivity index (χ4n) is 3.58. The maximum Gasteiger partial charge on any atom is 0.221 e. The van der Waals surface area contributed by atoms with E-state index in [1.54, 1.807) is 12.1 Å². The number of amides is 1. The van der Waals surface area contributed by atoms with Crippen molar-refractivity contribution in [3.63, 3.8) is 0 Å². The van der Waals surface area contributed by atoms with Crippen LogP contribution in [0.15, 0.2) is 47.5 Å². The normalized spacial score (nSPS) is 18.1. The number of carbonyl (C=O) groups is 1. The molecule has 8 heteroatoms. The first-order chi connectivity index (χ1) is 14.1. The van der Waals surface area contributed by atoms with Gasteiger partial charge in [0.05, 0.1) is 12.2 Å². The van der Waals surface area contributed by atoms with Crippen LogP contribution in [0.25, 0.3) is 0 Å². The number of nitrogens with zero attached hydrogens (tertiary/aromatic N) is 2. The van der Waals surface area contributed by atoms with Gasteiger partial charge in [-0.1, -0.05) is 23.7 Å². The fourth-order valence-corrected chi connectivity index (χ4v) is 3.75. The van der Waals surface area contributed by atoms with E-state index >= 15 is 0 Å². The fraction of sp³-hybridized carbons (Fsp3) is 0.333. The molecule has 0 unspecified atom stereocenters. The number of rotatable bonds is 4. The molecule has 2 aliphatic rings. The van der Waals surface area contributed by atoms with Crippen LogP contribution in [0.4, 0.5) is 5.69 Å². The lowest BCUT2D eigenvalue weighted by atomic mass is 10.1. The maximum atomic E-state index is 12.1. The van der Waals surface area contributed by atoms with Gasteiger partial charge in [-0.25, -0.2) is 4.99 Å². The SMILES string of the molecule is O=C(C[C@H]1CN(C2=Nc3cc(Cl)ccc3Oc3ccccc32)CCN1)NCCO. The van der Waals surface area contributed by atoms with Gasteiger partial charge in [0, 0.05) is 43.7 Å². The average Bonchev–Trinajstić information content (AvgIpc) is 2.89. The highest BCUT2D eigenvalue weighted by atomic mass is 35.5. The van der Waals surface area contributed by atoms with E-state index in [4.69, 9.17) is 26.4 Å². The summed E-state index contributed by atoms with van der Waals surface area (Å²) in [4.78, 5) is 19.1. The summed E-state index contributed by atoms with van der Waals surface area (Å²) < 4.78 is 6.11. The Kier molecular flexibility index (Phi) is 5.99. The van der Waals surface area contributed by atoms with Crippen molar-refractivity contribution in [3.05, 3.63) is 53.1 Å². The summed E-state index contributed by atoms with van der Waals surface area (Å²) in [5, 5.41) is 15.6. The molecule has 1 atom stereocenters. The number of aliphatic imine (C=N–C) groups is 1. The molecule has 0 aliphatic carbocycles. The number of benzene rings is 2. The van der Waals surface area contributed by atoms with E-state index in [1.807, 2.05) is 30.3 Å². The second-order valence-corrected chi connectivity index (χ2v) is 7.46. The third-order valence-electron chi connectivity index (χ3n) is 4.92. The summed E-state index contributed by atoms with van der Waals surface area (Å²) in [6.45, 7) is 2.34. The number of carbonyl (C=O) groups excluding carboxylic acids is 1. The number of halogens is 1. The second kappa shape index (κ2) is 8.82. The van der Waals surface area contributed by atoms with Crippen molar-refractivity contribution < 1.29 is 14.6 Å². The van der Waals surface area contributed by atoms with E-state index in [-0.39, 0.29) is 25.1 Å². The van der Waals surface area contributed by atoms with E-state index in [2.05, 4.69) is 15.5 Å².